The number of ether oxygens (including phenoxy) is 1. The third-order valence-corrected chi connectivity index (χ3v) is 4.89. The molecule has 0 fully saturated rings. The van der Waals surface area contributed by atoms with Crippen molar-refractivity contribution in [1.29, 1.82) is 0 Å². The summed E-state index contributed by atoms with van der Waals surface area (Å²) >= 11 is 0. The van der Waals surface area contributed by atoms with Crippen molar-refractivity contribution >= 4 is 11.0 Å². The zero-order valence-electron chi connectivity index (χ0n) is 19.8. The topological polar surface area (TPSA) is 63.9 Å². The molecule has 0 saturated carbocycles. The van der Waals surface area contributed by atoms with Crippen molar-refractivity contribution in [2.24, 2.45) is 0 Å². The van der Waals surface area contributed by atoms with Crippen LogP contribution < -0.4 is 34.3 Å². The SMILES string of the molecule is CC(C)(C)c1cc(-c2nc3c(C(F)(F)F)cc(-c4c(F)cccc4OC(F)(F)F)cc3[nH]2)on1.[H-].[Na+]. The number of aromatic nitrogens is 3. The van der Waals surface area contributed by atoms with Crippen LogP contribution in [0.25, 0.3) is 33.7 Å². The van der Waals surface area contributed by atoms with Gasteiger partial charge < -0.3 is 15.7 Å². The van der Waals surface area contributed by atoms with Gasteiger partial charge in [0.15, 0.2) is 5.82 Å². The molecule has 1 N–H and O–H groups in total. The van der Waals surface area contributed by atoms with E-state index >= 15 is 0 Å². The summed E-state index contributed by atoms with van der Waals surface area (Å²) < 4.78 is 104. The summed E-state index contributed by atoms with van der Waals surface area (Å²) in [6, 6.07) is 5.67. The molecule has 35 heavy (non-hydrogen) atoms. The molecule has 2 aromatic carbocycles. The normalized spacial score (nSPS) is 12.6. The van der Waals surface area contributed by atoms with Crippen LogP contribution in [0, 0.1) is 5.82 Å². The number of nitrogens with one attached hydrogen (secondary N) is 1. The first-order valence-corrected chi connectivity index (χ1v) is 9.76. The summed E-state index contributed by atoms with van der Waals surface area (Å²) in [6.07, 6.45) is -10.1. The van der Waals surface area contributed by atoms with Gasteiger partial charge in [-0.25, -0.2) is 9.37 Å². The van der Waals surface area contributed by atoms with Crippen LogP contribution >= 0.6 is 0 Å². The second-order valence-electron chi connectivity index (χ2n) is 8.49. The molecule has 0 aliphatic carbocycles. The number of halogens is 7. The van der Waals surface area contributed by atoms with Gasteiger partial charge in [0.25, 0.3) is 0 Å². The Morgan fingerprint density at radius 3 is 2.26 bits per heavy atom. The Morgan fingerprint density at radius 2 is 1.69 bits per heavy atom. The number of benzene rings is 2. The molecule has 0 bridgehead atoms. The molecule has 0 atom stereocenters. The fraction of sp³-hybridized carbons (Fsp3) is 0.273. The van der Waals surface area contributed by atoms with E-state index in [4.69, 9.17) is 4.52 Å². The summed E-state index contributed by atoms with van der Waals surface area (Å²) in [4.78, 5) is 6.63. The van der Waals surface area contributed by atoms with Gasteiger partial charge in [-0.1, -0.05) is 32.0 Å². The number of alkyl halides is 6. The summed E-state index contributed by atoms with van der Waals surface area (Å²) in [6.45, 7) is 5.57. The second kappa shape index (κ2) is 9.14. The first kappa shape index (κ1) is 27.0. The van der Waals surface area contributed by atoms with E-state index in [0.29, 0.717) is 11.8 Å². The first-order chi connectivity index (χ1) is 15.6. The van der Waals surface area contributed by atoms with Crippen molar-refractivity contribution in [2.45, 2.75) is 38.7 Å². The predicted molar refractivity (Wildman–Crippen MR) is 108 cm³/mol. The number of aromatic amines is 1. The van der Waals surface area contributed by atoms with Crippen molar-refractivity contribution in [1.82, 2.24) is 15.1 Å². The smallest absolute Gasteiger partial charge is 1.00 e. The van der Waals surface area contributed by atoms with Gasteiger partial charge in [-0.05, 0) is 29.8 Å². The molecular formula is C22H17F7N3NaO2. The number of rotatable bonds is 3. The van der Waals surface area contributed by atoms with Crippen LogP contribution in [-0.2, 0) is 11.6 Å². The maximum Gasteiger partial charge on any atom is 1.00 e. The van der Waals surface area contributed by atoms with E-state index in [1.54, 1.807) is 0 Å². The molecule has 0 amide bonds. The van der Waals surface area contributed by atoms with E-state index in [2.05, 4.69) is 19.9 Å². The van der Waals surface area contributed by atoms with Crippen LogP contribution in [0.4, 0.5) is 30.7 Å². The molecule has 0 aliphatic rings. The maximum absolute atomic E-state index is 14.5. The van der Waals surface area contributed by atoms with Crippen molar-refractivity contribution in [3.8, 4) is 28.5 Å². The molecule has 0 aliphatic heterocycles. The van der Waals surface area contributed by atoms with E-state index in [0.717, 1.165) is 24.3 Å². The zero-order chi connectivity index (χ0) is 25.1. The number of fused-ring (bicyclic) bond motifs is 1. The van der Waals surface area contributed by atoms with Crippen molar-refractivity contribution < 1.29 is 71.0 Å². The molecule has 2 aromatic heterocycles. The Labute approximate surface area is 217 Å². The number of imidazole rings is 1. The maximum atomic E-state index is 14.5. The molecular weight excluding hydrogens is 494 g/mol. The molecule has 5 nitrogen and oxygen atoms in total. The van der Waals surface area contributed by atoms with Crippen molar-refractivity contribution in [3.05, 3.63) is 53.5 Å². The van der Waals surface area contributed by atoms with Gasteiger partial charge in [0.1, 0.15) is 17.1 Å². The minimum atomic E-state index is -5.18. The van der Waals surface area contributed by atoms with E-state index in [1.165, 1.54) is 6.07 Å². The van der Waals surface area contributed by atoms with Gasteiger partial charge in [0.2, 0.25) is 5.76 Å². The molecule has 2 heterocycles. The minimum absolute atomic E-state index is 0. The van der Waals surface area contributed by atoms with Gasteiger partial charge in [-0.15, -0.1) is 13.2 Å². The quantitative estimate of drug-likeness (QED) is 0.328. The molecule has 182 valence electrons. The molecule has 4 rings (SSSR count). The van der Waals surface area contributed by atoms with Crippen LogP contribution in [0.1, 0.15) is 33.5 Å². The number of H-pyrrole nitrogens is 1. The summed E-state index contributed by atoms with van der Waals surface area (Å²) in [5.74, 6) is -2.20. The van der Waals surface area contributed by atoms with E-state index in [1.807, 2.05) is 20.8 Å². The van der Waals surface area contributed by atoms with E-state index in [9.17, 15) is 30.7 Å². The summed E-state index contributed by atoms with van der Waals surface area (Å²) in [7, 11) is 0. The minimum Gasteiger partial charge on any atom is -1.00 e. The van der Waals surface area contributed by atoms with Gasteiger partial charge in [0.05, 0.1) is 22.3 Å². The van der Waals surface area contributed by atoms with Gasteiger partial charge in [0, 0.05) is 11.5 Å². The standard InChI is InChI=1S/C22H16F7N3O2.Na.H/c1-20(2,3)16-9-15(34-32-16)19-30-13-8-10(7-11(18(13)31-19)21(24,25)26)17-12(23)5-4-6-14(17)33-22(27,28)29;;/h4-9H,1-3H3,(H,30,31);;/q;+1;-1. The Balaban J connectivity index is 0.00000228. The van der Waals surface area contributed by atoms with Crippen molar-refractivity contribution in [3.63, 3.8) is 0 Å². The number of hydrogen-bond acceptors (Lipinski definition) is 4. The average molecular weight is 511 g/mol. The van der Waals surface area contributed by atoms with Crippen molar-refractivity contribution in [2.75, 3.05) is 0 Å². The van der Waals surface area contributed by atoms with E-state index in [-0.39, 0.29) is 48.1 Å². The summed E-state index contributed by atoms with van der Waals surface area (Å²) in [5, 5.41) is 3.90. The fourth-order valence-electron chi connectivity index (χ4n) is 3.33. The number of nitrogens with zero attached hydrogens (tertiary/aromatic N) is 2. The van der Waals surface area contributed by atoms with Crippen LogP contribution in [0.15, 0.2) is 40.9 Å². The van der Waals surface area contributed by atoms with Crippen LogP contribution in [0.2, 0.25) is 0 Å². The Hall–Kier alpha value is -2.57. The molecule has 0 unspecified atom stereocenters. The van der Waals surface area contributed by atoms with Crippen LogP contribution in [0.5, 0.6) is 5.75 Å². The molecule has 4 aromatic rings. The zero-order valence-corrected chi connectivity index (χ0v) is 20.8. The average Bonchev–Trinajstić information content (AvgIpc) is 3.32. The predicted octanol–water partition coefficient (Wildman–Crippen LogP) is 4.36. The van der Waals surface area contributed by atoms with Crippen LogP contribution in [0.3, 0.4) is 0 Å². The van der Waals surface area contributed by atoms with Gasteiger partial charge in [-0.3, -0.25) is 0 Å². The Morgan fingerprint density at radius 1 is 1.00 bits per heavy atom. The fourth-order valence-corrected chi connectivity index (χ4v) is 3.33. The van der Waals surface area contributed by atoms with Gasteiger partial charge in [-0.2, -0.15) is 13.2 Å². The van der Waals surface area contributed by atoms with Gasteiger partial charge >= 0.3 is 42.1 Å². The number of hydrogen-bond donors (Lipinski definition) is 1. The Bertz CT molecular complexity index is 1370. The third kappa shape index (κ3) is 5.65. The largest absolute Gasteiger partial charge is 1.00 e. The van der Waals surface area contributed by atoms with E-state index < -0.39 is 51.7 Å². The third-order valence-electron chi connectivity index (χ3n) is 4.89. The Kier molecular flexibility index (Phi) is 7.06. The second-order valence-corrected chi connectivity index (χ2v) is 8.49. The summed E-state index contributed by atoms with van der Waals surface area (Å²) in [5.41, 5.74) is -3.14. The monoisotopic (exact) mass is 511 g/mol. The molecule has 0 spiro atoms. The first-order valence-electron chi connectivity index (χ1n) is 9.76. The molecule has 0 radical (unpaired) electrons. The molecule has 0 saturated heterocycles. The van der Waals surface area contributed by atoms with Crippen LogP contribution in [-0.4, -0.2) is 21.5 Å². The molecule has 13 heteroatoms.